The Kier molecular flexibility index (Phi) is 5.74. The molecule has 1 aromatic carbocycles. The van der Waals surface area contributed by atoms with Gasteiger partial charge in [-0.3, -0.25) is 0 Å². The predicted molar refractivity (Wildman–Crippen MR) is 84.5 cm³/mol. The molecule has 2 rings (SSSR count). The maximum absolute atomic E-state index is 13.5. The number of nitrogens with one attached hydrogen (secondary N) is 1. The molecule has 1 aliphatic heterocycles. The number of ether oxygens (including phenoxy) is 1. The Bertz CT molecular complexity index is 584. The van der Waals surface area contributed by atoms with Gasteiger partial charge in [-0.05, 0) is 58.0 Å². The number of benzene rings is 1. The van der Waals surface area contributed by atoms with Crippen LogP contribution >= 0.6 is 0 Å². The number of alkyl halides is 2. The molecule has 0 bridgehead atoms. The van der Waals surface area contributed by atoms with Gasteiger partial charge in [0.25, 0.3) is 6.43 Å². The third kappa shape index (κ3) is 5.12. The van der Waals surface area contributed by atoms with E-state index < -0.39 is 35.5 Å². The van der Waals surface area contributed by atoms with Crippen LogP contribution in [0.1, 0.15) is 50.8 Å². The minimum Gasteiger partial charge on any atom is -0.444 e. The number of hydrogen-bond acceptors (Lipinski definition) is 3. The predicted octanol–water partition coefficient (Wildman–Crippen LogP) is 4.03. The first kappa shape index (κ1) is 18.6. The van der Waals surface area contributed by atoms with E-state index in [0.717, 1.165) is 31.6 Å². The zero-order valence-electron chi connectivity index (χ0n) is 14.1. The van der Waals surface area contributed by atoms with Gasteiger partial charge in [0.2, 0.25) is 0 Å². The van der Waals surface area contributed by atoms with E-state index in [-0.39, 0.29) is 0 Å². The quantitative estimate of drug-likeness (QED) is 0.877. The molecule has 0 aliphatic carbocycles. The van der Waals surface area contributed by atoms with Crippen LogP contribution in [-0.4, -0.2) is 36.2 Å². The van der Waals surface area contributed by atoms with E-state index in [1.807, 2.05) is 0 Å². The van der Waals surface area contributed by atoms with Crippen molar-refractivity contribution in [2.45, 2.75) is 45.3 Å². The number of carbonyl (C=O) groups is 1. The number of hydrogen-bond donors (Lipinski definition) is 1. The highest BCUT2D eigenvalue weighted by Gasteiger charge is 2.26. The minimum absolute atomic E-state index is 0.435. The summed E-state index contributed by atoms with van der Waals surface area (Å²) >= 11 is 0. The SMILES string of the molecule is CC(C)(C)OC(=O)N[C@H](CN1CCC1)c1ccc(F)c(C(F)F)c1. The van der Waals surface area contributed by atoms with E-state index in [4.69, 9.17) is 4.74 Å². The fraction of sp³-hybridized carbons (Fsp3) is 0.588. The second-order valence-electron chi connectivity index (χ2n) is 6.93. The van der Waals surface area contributed by atoms with Crippen molar-refractivity contribution >= 4 is 6.09 Å². The molecule has 24 heavy (non-hydrogen) atoms. The molecule has 1 heterocycles. The first-order valence-electron chi connectivity index (χ1n) is 7.95. The van der Waals surface area contributed by atoms with Crippen molar-refractivity contribution in [2.24, 2.45) is 0 Å². The Morgan fingerprint density at radius 2 is 2.00 bits per heavy atom. The number of nitrogens with zero attached hydrogens (tertiary/aromatic N) is 1. The minimum atomic E-state index is -2.91. The average molecular weight is 344 g/mol. The van der Waals surface area contributed by atoms with Crippen LogP contribution in [-0.2, 0) is 4.74 Å². The molecule has 0 saturated carbocycles. The van der Waals surface area contributed by atoms with Gasteiger partial charge in [-0.1, -0.05) is 6.07 Å². The first-order valence-corrected chi connectivity index (χ1v) is 7.95. The lowest BCUT2D eigenvalue weighted by Gasteiger charge is -2.35. The maximum Gasteiger partial charge on any atom is 0.408 e. The molecular weight excluding hydrogens is 321 g/mol. The van der Waals surface area contributed by atoms with Crippen molar-refractivity contribution in [3.05, 3.63) is 35.1 Å². The highest BCUT2D eigenvalue weighted by atomic mass is 19.3. The van der Waals surface area contributed by atoms with E-state index in [2.05, 4.69) is 10.2 Å². The molecule has 1 N–H and O–H groups in total. The second kappa shape index (κ2) is 7.42. The van der Waals surface area contributed by atoms with Crippen LogP contribution in [0, 0.1) is 5.82 Å². The van der Waals surface area contributed by atoms with Crippen molar-refractivity contribution < 1.29 is 22.7 Å². The lowest BCUT2D eigenvalue weighted by molar-refractivity contribution is 0.0479. The number of halogens is 3. The zero-order chi connectivity index (χ0) is 17.9. The van der Waals surface area contributed by atoms with Gasteiger partial charge in [0.1, 0.15) is 11.4 Å². The lowest BCUT2D eigenvalue weighted by atomic mass is 10.0. The van der Waals surface area contributed by atoms with E-state index in [9.17, 15) is 18.0 Å². The number of amides is 1. The molecule has 134 valence electrons. The van der Waals surface area contributed by atoms with Crippen molar-refractivity contribution in [3.8, 4) is 0 Å². The van der Waals surface area contributed by atoms with Crippen molar-refractivity contribution in [1.29, 1.82) is 0 Å². The number of alkyl carbamates (subject to hydrolysis) is 1. The van der Waals surface area contributed by atoms with E-state index in [0.29, 0.717) is 12.1 Å². The summed E-state index contributed by atoms with van der Waals surface area (Å²) < 4.78 is 44.6. The molecule has 0 radical (unpaired) electrons. The molecule has 0 unspecified atom stereocenters. The van der Waals surface area contributed by atoms with Gasteiger partial charge in [0.15, 0.2) is 0 Å². The summed E-state index contributed by atoms with van der Waals surface area (Å²) in [5.41, 5.74) is -0.890. The summed E-state index contributed by atoms with van der Waals surface area (Å²) in [6.07, 6.45) is -2.47. The zero-order valence-corrected chi connectivity index (χ0v) is 14.1. The standard InChI is InChI=1S/C17H23F3N2O2/c1-17(2,3)24-16(23)21-14(10-22-7-4-8-22)11-5-6-13(18)12(9-11)15(19)20/h5-6,9,14-15H,4,7-8,10H2,1-3H3,(H,21,23)/t14-/m1/s1. The largest absolute Gasteiger partial charge is 0.444 e. The maximum atomic E-state index is 13.5. The van der Waals surface area contributed by atoms with Crippen LogP contribution in [0.15, 0.2) is 18.2 Å². The van der Waals surface area contributed by atoms with Crippen LogP contribution in [0.25, 0.3) is 0 Å². The van der Waals surface area contributed by atoms with Crippen molar-refractivity contribution in [3.63, 3.8) is 0 Å². The van der Waals surface area contributed by atoms with Crippen LogP contribution in [0.2, 0.25) is 0 Å². The molecule has 1 fully saturated rings. The third-order valence-electron chi connectivity index (χ3n) is 3.74. The summed E-state index contributed by atoms with van der Waals surface area (Å²) in [6, 6.07) is 3.00. The summed E-state index contributed by atoms with van der Waals surface area (Å²) in [5.74, 6) is -0.950. The summed E-state index contributed by atoms with van der Waals surface area (Å²) in [6.45, 7) is 7.45. The first-order chi connectivity index (χ1) is 11.2. The summed E-state index contributed by atoms with van der Waals surface area (Å²) in [5, 5.41) is 2.70. The molecular formula is C17H23F3N2O2. The van der Waals surface area contributed by atoms with Gasteiger partial charge in [-0.15, -0.1) is 0 Å². The molecule has 1 aliphatic rings. The number of carbonyl (C=O) groups excluding carboxylic acids is 1. The topological polar surface area (TPSA) is 41.6 Å². The van der Waals surface area contributed by atoms with E-state index in [1.54, 1.807) is 20.8 Å². The number of rotatable bonds is 5. The van der Waals surface area contributed by atoms with Crippen molar-refractivity contribution in [1.82, 2.24) is 10.2 Å². The Labute approximate surface area is 140 Å². The Hall–Kier alpha value is -1.76. The molecule has 0 spiro atoms. The molecule has 7 heteroatoms. The molecule has 1 amide bonds. The Morgan fingerprint density at radius 3 is 2.50 bits per heavy atom. The third-order valence-corrected chi connectivity index (χ3v) is 3.74. The Balaban J connectivity index is 2.19. The summed E-state index contributed by atoms with van der Waals surface area (Å²) in [7, 11) is 0. The van der Waals surface area contributed by atoms with E-state index >= 15 is 0 Å². The monoisotopic (exact) mass is 344 g/mol. The van der Waals surface area contributed by atoms with Crippen molar-refractivity contribution in [2.75, 3.05) is 19.6 Å². The van der Waals surface area contributed by atoms with Crippen LogP contribution in [0.3, 0.4) is 0 Å². The lowest BCUT2D eigenvalue weighted by Crippen LogP contribution is -2.45. The molecule has 1 atom stereocenters. The molecule has 0 aromatic heterocycles. The van der Waals surface area contributed by atoms with Gasteiger partial charge in [0, 0.05) is 6.54 Å². The number of likely N-dealkylation sites (tertiary alicyclic amines) is 1. The average Bonchev–Trinajstić information content (AvgIpc) is 2.39. The Morgan fingerprint density at radius 1 is 1.33 bits per heavy atom. The molecule has 1 aromatic rings. The smallest absolute Gasteiger partial charge is 0.408 e. The fourth-order valence-corrected chi connectivity index (χ4v) is 2.45. The summed E-state index contributed by atoms with van der Waals surface area (Å²) in [4.78, 5) is 14.1. The molecule has 4 nitrogen and oxygen atoms in total. The van der Waals surface area contributed by atoms with E-state index in [1.165, 1.54) is 6.07 Å². The fourth-order valence-electron chi connectivity index (χ4n) is 2.45. The second-order valence-corrected chi connectivity index (χ2v) is 6.93. The van der Waals surface area contributed by atoms with Gasteiger partial charge < -0.3 is 15.0 Å². The highest BCUT2D eigenvalue weighted by Crippen LogP contribution is 2.27. The highest BCUT2D eigenvalue weighted by molar-refractivity contribution is 5.68. The molecule has 1 saturated heterocycles. The van der Waals surface area contributed by atoms with Crippen LogP contribution < -0.4 is 5.32 Å². The van der Waals surface area contributed by atoms with Crippen LogP contribution in [0.4, 0.5) is 18.0 Å². The van der Waals surface area contributed by atoms with Gasteiger partial charge in [-0.2, -0.15) is 0 Å². The van der Waals surface area contributed by atoms with Gasteiger partial charge in [0.05, 0.1) is 11.6 Å². The van der Waals surface area contributed by atoms with Gasteiger partial charge >= 0.3 is 6.09 Å². The van der Waals surface area contributed by atoms with Crippen LogP contribution in [0.5, 0.6) is 0 Å². The normalized spacial score (nSPS) is 16.6. The van der Waals surface area contributed by atoms with Gasteiger partial charge in [-0.25, -0.2) is 18.0 Å².